The molecule has 104 valence electrons. The Morgan fingerprint density at radius 1 is 1.35 bits per heavy atom. The van der Waals surface area contributed by atoms with E-state index < -0.39 is 5.91 Å². The van der Waals surface area contributed by atoms with Crippen molar-refractivity contribution in [3.05, 3.63) is 40.3 Å². The number of halogens is 2. The fourth-order valence-corrected chi connectivity index (χ4v) is 1.72. The summed E-state index contributed by atoms with van der Waals surface area (Å²) in [5.74, 6) is -0.311. The van der Waals surface area contributed by atoms with Crippen molar-refractivity contribution < 1.29 is 14.6 Å². The Morgan fingerprint density at radius 2 is 2.10 bits per heavy atom. The van der Waals surface area contributed by atoms with Gasteiger partial charge in [-0.2, -0.15) is 0 Å². The van der Waals surface area contributed by atoms with Crippen molar-refractivity contribution in [3.8, 4) is 11.5 Å². The number of phenols is 1. The van der Waals surface area contributed by atoms with E-state index in [2.05, 4.69) is 15.3 Å². The Balaban J connectivity index is 2.26. The smallest absolute Gasteiger partial charge is 0.260 e. The van der Waals surface area contributed by atoms with E-state index in [-0.39, 0.29) is 27.3 Å². The molecule has 0 radical (unpaired) electrons. The van der Waals surface area contributed by atoms with Gasteiger partial charge in [-0.3, -0.25) is 4.79 Å². The Bertz CT molecular complexity index is 664. The lowest BCUT2D eigenvalue weighted by Crippen LogP contribution is -2.13. The van der Waals surface area contributed by atoms with Crippen LogP contribution in [0.3, 0.4) is 0 Å². The van der Waals surface area contributed by atoms with Gasteiger partial charge in [-0.25, -0.2) is 9.97 Å². The number of amides is 1. The molecular weight excluding hydrogens is 305 g/mol. The zero-order chi connectivity index (χ0) is 14.7. The molecule has 0 aliphatic rings. The number of carbonyl (C=O) groups is 1. The maximum atomic E-state index is 12.0. The molecule has 0 saturated heterocycles. The highest BCUT2D eigenvalue weighted by Gasteiger charge is 2.15. The minimum atomic E-state index is -0.582. The van der Waals surface area contributed by atoms with Crippen LogP contribution >= 0.6 is 23.2 Å². The number of methoxy groups -OCH3 is 1. The lowest BCUT2D eigenvalue weighted by Gasteiger charge is -2.08. The molecular formula is C12H9Cl2N3O3. The van der Waals surface area contributed by atoms with Crippen LogP contribution in [0.2, 0.25) is 10.2 Å². The van der Waals surface area contributed by atoms with Crippen molar-refractivity contribution >= 4 is 34.9 Å². The molecule has 1 heterocycles. The summed E-state index contributed by atoms with van der Waals surface area (Å²) in [5, 5.41) is 12.2. The summed E-state index contributed by atoms with van der Waals surface area (Å²) >= 11 is 11.6. The van der Waals surface area contributed by atoms with Crippen molar-refractivity contribution in [2.24, 2.45) is 0 Å². The summed E-state index contributed by atoms with van der Waals surface area (Å²) in [6.45, 7) is 0. The first kappa shape index (κ1) is 14.4. The number of aromatic hydroxyl groups is 1. The Morgan fingerprint density at radius 3 is 2.75 bits per heavy atom. The summed E-state index contributed by atoms with van der Waals surface area (Å²) < 4.78 is 4.93. The standard InChI is InChI=1S/C12H9Cl2N3O3/c1-20-6-2-3-7(8(18)4-6)12(19)17-11-9(13)10(14)15-5-16-11/h2-5,18H,1H3,(H,15,16,17,19). The minimum Gasteiger partial charge on any atom is -0.507 e. The number of rotatable bonds is 3. The number of anilines is 1. The highest BCUT2D eigenvalue weighted by Crippen LogP contribution is 2.28. The van der Waals surface area contributed by atoms with Crippen LogP contribution in [0.25, 0.3) is 0 Å². The molecule has 1 aromatic heterocycles. The van der Waals surface area contributed by atoms with E-state index in [1.165, 1.54) is 19.2 Å². The van der Waals surface area contributed by atoms with Gasteiger partial charge in [0.25, 0.3) is 5.91 Å². The molecule has 0 aliphatic carbocycles. The van der Waals surface area contributed by atoms with Gasteiger partial charge in [0.2, 0.25) is 0 Å². The molecule has 0 fully saturated rings. The summed E-state index contributed by atoms with van der Waals surface area (Å²) in [6, 6.07) is 4.28. The van der Waals surface area contributed by atoms with Gasteiger partial charge in [0, 0.05) is 6.07 Å². The molecule has 6 nitrogen and oxygen atoms in total. The van der Waals surface area contributed by atoms with Crippen molar-refractivity contribution in [1.82, 2.24) is 9.97 Å². The maximum Gasteiger partial charge on any atom is 0.260 e. The van der Waals surface area contributed by atoms with E-state index in [9.17, 15) is 9.90 Å². The lowest BCUT2D eigenvalue weighted by atomic mass is 10.2. The summed E-state index contributed by atoms with van der Waals surface area (Å²) in [7, 11) is 1.46. The average Bonchev–Trinajstić information content (AvgIpc) is 2.43. The summed E-state index contributed by atoms with van der Waals surface area (Å²) in [5.41, 5.74) is 0.0524. The fourth-order valence-electron chi connectivity index (χ4n) is 1.44. The van der Waals surface area contributed by atoms with Gasteiger partial charge < -0.3 is 15.2 Å². The molecule has 2 rings (SSSR count). The van der Waals surface area contributed by atoms with E-state index in [1.54, 1.807) is 6.07 Å². The van der Waals surface area contributed by atoms with Crippen LogP contribution in [-0.2, 0) is 0 Å². The van der Waals surface area contributed by atoms with E-state index >= 15 is 0 Å². The number of hydrogen-bond acceptors (Lipinski definition) is 5. The van der Waals surface area contributed by atoms with Crippen LogP contribution in [0.1, 0.15) is 10.4 Å². The van der Waals surface area contributed by atoms with Crippen LogP contribution in [0.15, 0.2) is 24.5 Å². The van der Waals surface area contributed by atoms with E-state index in [0.717, 1.165) is 6.33 Å². The third kappa shape index (κ3) is 2.92. The predicted molar refractivity (Wildman–Crippen MR) is 74.7 cm³/mol. The first-order valence-corrected chi connectivity index (χ1v) is 6.13. The Hall–Kier alpha value is -2.05. The Labute approximate surface area is 124 Å². The third-order valence-electron chi connectivity index (χ3n) is 2.43. The van der Waals surface area contributed by atoms with Gasteiger partial charge in [-0.1, -0.05) is 23.2 Å². The van der Waals surface area contributed by atoms with E-state index in [0.29, 0.717) is 5.75 Å². The number of ether oxygens (including phenoxy) is 1. The molecule has 1 aromatic carbocycles. The maximum absolute atomic E-state index is 12.0. The first-order valence-electron chi connectivity index (χ1n) is 5.37. The Kier molecular flexibility index (Phi) is 4.26. The van der Waals surface area contributed by atoms with Crippen LogP contribution in [-0.4, -0.2) is 28.1 Å². The van der Waals surface area contributed by atoms with Crippen LogP contribution < -0.4 is 10.1 Å². The number of nitrogens with zero attached hydrogens (tertiary/aromatic N) is 2. The zero-order valence-electron chi connectivity index (χ0n) is 10.2. The van der Waals surface area contributed by atoms with Gasteiger partial charge in [-0.05, 0) is 12.1 Å². The number of hydrogen-bond donors (Lipinski definition) is 2. The topological polar surface area (TPSA) is 84.3 Å². The van der Waals surface area contributed by atoms with Crippen LogP contribution in [0, 0.1) is 0 Å². The van der Waals surface area contributed by atoms with Gasteiger partial charge in [-0.15, -0.1) is 0 Å². The summed E-state index contributed by atoms with van der Waals surface area (Å²) in [6.07, 6.45) is 1.16. The van der Waals surface area contributed by atoms with E-state index in [1.807, 2.05) is 0 Å². The molecule has 0 atom stereocenters. The van der Waals surface area contributed by atoms with Crippen molar-refractivity contribution in [3.63, 3.8) is 0 Å². The van der Waals surface area contributed by atoms with Gasteiger partial charge in [0.05, 0.1) is 12.7 Å². The normalized spacial score (nSPS) is 10.2. The number of carbonyl (C=O) groups excluding carboxylic acids is 1. The zero-order valence-corrected chi connectivity index (χ0v) is 11.7. The number of nitrogens with one attached hydrogen (secondary N) is 1. The highest BCUT2D eigenvalue weighted by atomic mass is 35.5. The molecule has 2 N–H and O–H groups in total. The molecule has 2 aromatic rings. The van der Waals surface area contributed by atoms with Crippen LogP contribution in [0.5, 0.6) is 11.5 Å². The number of phenolic OH excluding ortho intramolecular Hbond substituents is 1. The second kappa shape index (κ2) is 5.94. The third-order valence-corrected chi connectivity index (χ3v) is 3.17. The van der Waals surface area contributed by atoms with Crippen molar-refractivity contribution in [2.75, 3.05) is 12.4 Å². The van der Waals surface area contributed by atoms with Crippen molar-refractivity contribution in [1.29, 1.82) is 0 Å². The molecule has 8 heteroatoms. The molecule has 0 saturated carbocycles. The minimum absolute atomic E-state index is 0.0236. The largest absolute Gasteiger partial charge is 0.507 e. The van der Waals surface area contributed by atoms with Crippen LogP contribution in [0.4, 0.5) is 5.82 Å². The molecule has 0 spiro atoms. The number of benzene rings is 1. The second-order valence-electron chi connectivity index (χ2n) is 3.66. The molecule has 0 unspecified atom stereocenters. The quantitative estimate of drug-likeness (QED) is 0.851. The predicted octanol–water partition coefficient (Wildman–Crippen LogP) is 2.75. The second-order valence-corrected chi connectivity index (χ2v) is 4.40. The van der Waals surface area contributed by atoms with Gasteiger partial charge in [0.15, 0.2) is 11.0 Å². The van der Waals surface area contributed by atoms with Gasteiger partial charge in [0.1, 0.15) is 22.8 Å². The molecule has 0 bridgehead atoms. The first-order chi connectivity index (χ1) is 9.52. The summed E-state index contributed by atoms with van der Waals surface area (Å²) in [4.78, 5) is 19.5. The fraction of sp³-hybridized carbons (Fsp3) is 0.0833. The molecule has 1 amide bonds. The molecule has 0 aliphatic heterocycles. The number of aromatic nitrogens is 2. The van der Waals surface area contributed by atoms with Gasteiger partial charge >= 0.3 is 0 Å². The molecule has 20 heavy (non-hydrogen) atoms. The highest BCUT2D eigenvalue weighted by molar-refractivity contribution is 6.43. The van der Waals surface area contributed by atoms with E-state index in [4.69, 9.17) is 27.9 Å². The lowest BCUT2D eigenvalue weighted by molar-refractivity contribution is 0.102. The monoisotopic (exact) mass is 313 g/mol. The van der Waals surface area contributed by atoms with Crippen molar-refractivity contribution in [2.45, 2.75) is 0 Å². The average molecular weight is 314 g/mol. The SMILES string of the molecule is COc1ccc(C(=O)Nc2ncnc(Cl)c2Cl)c(O)c1.